The van der Waals surface area contributed by atoms with Gasteiger partial charge in [-0.15, -0.1) is 0 Å². The molecule has 1 aliphatic heterocycles. The van der Waals surface area contributed by atoms with E-state index in [0.717, 1.165) is 35.6 Å². The van der Waals surface area contributed by atoms with E-state index in [1.165, 1.54) is 11.8 Å². The highest BCUT2D eigenvalue weighted by Crippen LogP contribution is 2.30. The summed E-state index contributed by atoms with van der Waals surface area (Å²) in [6, 6.07) is 15.0. The summed E-state index contributed by atoms with van der Waals surface area (Å²) in [5.41, 5.74) is 2.58. The lowest BCUT2D eigenvalue weighted by Crippen LogP contribution is -2.36. The molecule has 2 aromatic carbocycles. The van der Waals surface area contributed by atoms with E-state index >= 15 is 0 Å². The fraction of sp³-hybridized carbons (Fsp3) is 0.190. The van der Waals surface area contributed by atoms with Crippen molar-refractivity contribution in [1.82, 2.24) is 9.97 Å². The zero-order valence-corrected chi connectivity index (χ0v) is 16.9. The van der Waals surface area contributed by atoms with Crippen LogP contribution in [0.2, 0.25) is 0 Å². The predicted molar refractivity (Wildman–Crippen MR) is 115 cm³/mol. The maximum absolute atomic E-state index is 14.3. The number of amides is 1. The molecular formula is C21H20FN5O2S. The van der Waals surface area contributed by atoms with Gasteiger partial charge in [0.1, 0.15) is 5.03 Å². The van der Waals surface area contributed by atoms with Crippen molar-refractivity contribution in [2.45, 2.75) is 9.92 Å². The molecule has 3 aromatic rings. The Kier molecular flexibility index (Phi) is 6.41. The first-order valence-electron chi connectivity index (χ1n) is 9.42. The SMILES string of the molecule is O=CNc1ccc(Sc2nc(Nc3cccc(N4CCOCC4)c3)ncc2F)cc1. The van der Waals surface area contributed by atoms with Gasteiger partial charge in [0.25, 0.3) is 0 Å². The van der Waals surface area contributed by atoms with Crippen molar-refractivity contribution in [1.29, 1.82) is 0 Å². The number of carbonyl (C=O) groups is 1. The van der Waals surface area contributed by atoms with E-state index in [4.69, 9.17) is 4.74 Å². The summed E-state index contributed by atoms with van der Waals surface area (Å²) in [7, 11) is 0. The van der Waals surface area contributed by atoms with Crippen LogP contribution in [0.25, 0.3) is 0 Å². The second kappa shape index (κ2) is 9.55. The Labute approximate surface area is 177 Å². The molecule has 154 valence electrons. The molecule has 0 bridgehead atoms. The van der Waals surface area contributed by atoms with E-state index in [1.807, 2.05) is 24.3 Å². The average Bonchev–Trinajstić information content (AvgIpc) is 2.78. The van der Waals surface area contributed by atoms with E-state index in [0.29, 0.717) is 31.3 Å². The van der Waals surface area contributed by atoms with Crippen molar-refractivity contribution in [2.75, 3.05) is 41.8 Å². The zero-order valence-electron chi connectivity index (χ0n) is 16.0. The first-order valence-corrected chi connectivity index (χ1v) is 10.2. The van der Waals surface area contributed by atoms with E-state index in [1.54, 1.807) is 24.3 Å². The lowest BCUT2D eigenvalue weighted by Gasteiger charge is -2.29. The lowest BCUT2D eigenvalue weighted by molar-refractivity contribution is -0.105. The third kappa shape index (κ3) is 5.05. The van der Waals surface area contributed by atoms with Crippen molar-refractivity contribution in [2.24, 2.45) is 0 Å². The highest BCUT2D eigenvalue weighted by atomic mass is 32.2. The van der Waals surface area contributed by atoms with Gasteiger partial charge in [-0.1, -0.05) is 17.8 Å². The Hall–Kier alpha value is -3.17. The summed E-state index contributed by atoms with van der Waals surface area (Å²) >= 11 is 1.19. The molecule has 0 radical (unpaired) electrons. The number of rotatable bonds is 7. The Bertz CT molecular complexity index is 1010. The lowest BCUT2D eigenvalue weighted by atomic mass is 10.2. The fourth-order valence-electron chi connectivity index (χ4n) is 3.01. The number of ether oxygens (including phenoxy) is 1. The van der Waals surface area contributed by atoms with Crippen molar-refractivity contribution in [3.63, 3.8) is 0 Å². The molecule has 30 heavy (non-hydrogen) atoms. The smallest absolute Gasteiger partial charge is 0.228 e. The molecule has 0 aliphatic carbocycles. The molecule has 0 unspecified atom stereocenters. The highest BCUT2D eigenvalue weighted by molar-refractivity contribution is 7.99. The third-order valence-electron chi connectivity index (χ3n) is 4.48. The van der Waals surface area contributed by atoms with Gasteiger partial charge in [0, 0.05) is 35.0 Å². The number of nitrogens with zero attached hydrogens (tertiary/aromatic N) is 3. The number of aromatic nitrogens is 2. The molecule has 1 aliphatic rings. The number of anilines is 4. The maximum Gasteiger partial charge on any atom is 0.228 e. The molecule has 2 heterocycles. The normalized spacial score (nSPS) is 13.7. The molecule has 7 nitrogen and oxygen atoms in total. The van der Waals surface area contributed by atoms with Crippen molar-refractivity contribution < 1.29 is 13.9 Å². The monoisotopic (exact) mass is 425 g/mol. The van der Waals surface area contributed by atoms with Crippen LogP contribution in [0.5, 0.6) is 0 Å². The minimum Gasteiger partial charge on any atom is -0.378 e. The van der Waals surface area contributed by atoms with Crippen LogP contribution in [0, 0.1) is 5.82 Å². The number of benzene rings is 2. The molecule has 1 saturated heterocycles. The van der Waals surface area contributed by atoms with E-state index in [9.17, 15) is 9.18 Å². The Morgan fingerprint density at radius 3 is 2.67 bits per heavy atom. The first-order chi connectivity index (χ1) is 14.7. The number of carbonyl (C=O) groups excluding carboxylic acids is 1. The van der Waals surface area contributed by atoms with Gasteiger partial charge in [-0.25, -0.2) is 14.4 Å². The van der Waals surface area contributed by atoms with Gasteiger partial charge >= 0.3 is 0 Å². The fourth-order valence-corrected chi connectivity index (χ4v) is 3.79. The maximum atomic E-state index is 14.3. The number of halogens is 1. The highest BCUT2D eigenvalue weighted by Gasteiger charge is 2.13. The van der Waals surface area contributed by atoms with E-state index in [-0.39, 0.29) is 5.03 Å². The van der Waals surface area contributed by atoms with Crippen molar-refractivity contribution >= 4 is 41.2 Å². The second-order valence-electron chi connectivity index (χ2n) is 6.51. The van der Waals surface area contributed by atoms with Crippen LogP contribution >= 0.6 is 11.8 Å². The Morgan fingerprint density at radius 2 is 1.90 bits per heavy atom. The molecule has 0 spiro atoms. The summed E-state index contributed by atoms with van der Waals surface area (Å²) in [6.45, 7) is 3.12. The molecule has 1 amide bonds. The Morgan fingerprint density at radius 1 is 1.10 bits per heavy atom. The number of morpholine rings is 1. The van der Waals surface area contributed by atoms with Gasteiger partial charge in [0.15, 0.2) is 5.82 Å². The van der Waals surface area contributed by atoms with Crippen LogP contribution in [0.3, 0.4) is 0 Å². The molecule has 1 aromatic heterocycles. The number of nitrogens with one attached hydrogen (secondary N) is 2. The second-order valence-corrected chi connectivity index (χ2v) is 7.57. The molecule has 0 atom stereocenters. The molecule has 1 fully saturated rings. The predicted octanol–water partition coefficient (Wildman–Crippen LogP) is 3.92. The van der Waals surface area contributed by atoms with Crippen LogP contribution < -0.4 is 15.5 Å². The molecule has 4 rings (SSSR count). The minimum absolute atomic E-state index is 0.216. The molecule has 2 N–H and O–H groups in total. The van der Waals surface area contributed by atoms with Gasteiger partial charge in [0.05, 0.1) is 19.4 Å². The molecule has 9 heteroatoms. The van der Waals surface area contributed by atoms with E-state index < -0.39 is 5.82 Å². The molecular weight excluding hydrogens is 405 g/mol. The van der Waals surface area contributed by atoms with E-state index in [2.05, 4.69) is 25.5 Å². The van der Waals surface area contributed by atoms with Crippen LogP contribution in [-0.2, 0) is 9.53 Å². The van der Waals surface area contributed by atoms with Gasteiger partial charge in [-0.05, 0) is 42.5 Å². The van der Waals surface area contributed by atoms with Crippen LogP contribution in [-0.4, -0.2) is 42.7 Å². The third-order valence-corrected chi connectivity index (χ3v) is 5.47. The first kappa shape index (κ1) is 20.1. The summed E-state index contributed by atoms with van der Waals surface area (Å²) in [6.07, 6.45) is 1.77. The van der Waals surface area contributed by atoms with Gasteiger partial charge in [0.2, 0.25) is 12.4 Å². The summed E-state index contributed by atoms with van der Waals surface area (Å²) in [5, 5.41) is 5.93. The summed E-state index contributed by atoms with van der Waals surface area (Å²) in [4.78, 5) is 21.9. The standard InChI is InChI=1S/C21H20FN5O2S/c22-19-13-23-21(26-20(19)30-18-6-4-15(5-7-18)24-14-28)25-16-2-1-3-17(12-16)27-8-10-29-11-9-27/h1-7,12-14H,8-11H2,(H,24,28)(H,23,25,26). The van der Waals surface area contributed by atoms with Crippen LogP contribution in [0.15, 0.2) is 64.6 Å². The Balaban J connectivity index is 1.48. The largest absolute Gasteiger partial charge is 0.378 e. The van der Waals surface area contributed by atoms with Gasteiger partial charge in [-0.2, -0.15) is 0 Å². The zero-order chi connectivity index (χ0) is 20.8. The van der Waals surface area contributed by atoms with Crippen LogP contribution in [0.1, 0.15) is 0 Å². The quantitative estimate of drug-likeness (QED) is 0.439. The number of hydrogen-bond acceptors (Lipinski definition) is 7. The van der Waals surface area contributed by atoms with Crippen LogP contribution in [0.4, 0.5) is 27.4 Å². The summed E-state index contributed by atoms with van der Waals surface area (Å²) < 4.78 is 19.7. The van der Waals surface area contributed by atoms with Crippen molar-refractivity contribution in [3.05, 3.63) is 60.5 Å². The number of hydrogen-bond donors (Lipinski definition) is 2. The average molecular weight is 425 g/mol. The van der Waals surface area contributed by atoms with Crippen molar-refractivity contribution in [3.8, 4) is 0 Å². The van der Waals surface area contributed by atoms with Gasteiger partial charge in [-0.3, -0.25) is 4.79 Å². The minimum atomic E-state index is -0.497. The molecule has 0 saturated carbocycles. The summed E-state index contributed by atoms with van der Waals surface area (Å²) in [5.74, 6) is -0.181. The topological polar surface area (TPSA) is 79.4 Å². The van der Waals surface area contributed by atoms with Gasteiger partial charge < -0.3 is 20.3 Å².